The first-order valence-electron chi connectivity index (χ1n) is 8.48. The van der Waals surface area contributed by atoms with Gasteiger partial charge in [0.05, 0.1) is 0 Å². The number of ether oxygens (including phenoxy) is 2. The topological polar surface area (TPSA) is 47.6 Å². The molecule has 0 aliphatic heterocycles. The molecule has 4 nitrogen and oxygen atoms in total. The summed E-state index contributed by atoms with van der Waals surface area (Å²) in [5, 5.41) is 2.85. The average molecular weight is 327 g/mol. The Hall–Kier alpha value is -2.49. The SMILES string of the molecule is CCCCCC(C)NC(=O)Oc1ccc(Oc2ccccc2)cc1. The predicted octanol–water partition coefficient (Wildman–Crippen LogP) is 5.54. The summed E-state index contributed by atoms with van der Waals surface area (Å²) in [6.45, 7) is 4.16. The molecule has 2 aromatic carbocycles. The summed E-state index contributed by atoms with van der Waals surface area (Å²) < 4.78 is 11.0. The highest BCUT2D eigenvalue weighted by Crippen LogP contribution is 2.23. The first-order valence-corrected chi connectivity index (χ1v) is 8.48. The van der Waals surface area contributed by atoms with Gasteiger partial charge in [0, 0.05) is 6.04 Å². The predicted molar refractivity (Wildman–Crippen MR) is 95.7 cm³/mol. The van der Waals surface area contributed by atoms with Crippen LogP contribution >= 0.6 is 0 Å². The average Bonchev–Trinajstić information content (AvgIpc) is 2.58. The molecule has 0 saturated carbocycles. The molecule has 1 amide bonds. The molecule has 24 heavy (non-hydrogen) atoms. The van der Waals surface area contributed by atoms with E-state index < -0.39 is 6.09 Å². The van der Waals surface area contributed by atoms with Crippen LogP contribution in [-0.4, -0.2) is 12.1 Å². The standard InChI is InChI=1S/C20H25NO3/c1-3-4-6-9-16(2)21-20(22)24-19-14-12-18(13-15-19)23-17-10-7-5-8-11-17/h5,7-8,10-16H,3-4,6,9H2,1-2H3,(H,21,22). The van der Waals surface area contributed by atoms with E-state index in [0.29, 0.717) is 11.5 Å². The number of rotatable bonds is 8. The lowest BCUT2D eigenvalue weighted by Crippen LogP contribution is -2.34. The molecule has 0 aliphatic rings. The van der Waals surface area contributed by atoms with Gasteiger partial charge in [0.25, 0.3) is 0 Å². The van der Waals surface area contributed by atoms with Crippen LogP contribution in [0.1, 0.15) is 39.5 Å². The van der Waals surface area contributed by atoms with Crippen LogP contribution in [0.15, 0.2) is 54.6 Å². The van der Waals surface area contributed by atoms with Gasteiger partial charge in [-0.3, -0.25) is 0 Å². The summed E-state index contributed by atoms with van der Waals surface area (Å²) in [6, 6.07) is 16.7. The second kappa shape index (κ2) is 9.60. The smallest absolute Gasteiger partial charge is 0.412 e. The Balaban J connectivity index is 1.79. The molecule has 0 spiro atoms. The molecule has 128 valence electrons. The molecule has 0 fully saturated rings. The molecular formula is C20H25NO3. The minimum Gasteiger partial charge on any atom is -0.457 e. The van der Waals surface area contributed by atoms with Crippen LogP contribution in [0.3, 0.4) is 0 Å². The third kappa shape index (κ3) is 6.32. The van der Waals surface area contributed by atoms with E-state index in [0.717, 1.165) is 18.6 Å². The fourth-order valence-electron chi connectivity index (χ4n) is 2.31. The lowest BCUT2D eigenvalue weighted by Gasteiger charge is -2.13. The minimum absolute atomic E-state index is 0.115. The van der Waals surface area contributed by atoms with Gasteiger partial charge in [-0.1, -0.05) is 44.4 Å². The van der Waals surface area contributed by atoms with E-state index in [1.807, 2.05) is 37.3 Å². The molecule has 0 aliphatic carbocycles. The zero-order chi connectivity index (χ0) is 17.2. The number of hydrogen-bond donors (Lipinski definition) is 1. The zero-order valence-corrected chi connectivity index (χ0v) is 14.3. The maximum absolute atomic E-state index is 11.9. The summed E-state index contributed by atoms with van der Waals surface area (Å²) in [5.41, 5.74) is 0. The normalized spacial score (nSPS) is 11.6. The van der Waals surface area contributed by atoms with Crippen molar-refractivity contribution in [2.24, 2.45) is 0 Å². The van der Waals surface area contributed by atoms with Crippen LogP contribution in [0.4, 0.5) is 4.79 Å². The van der Waals surface area contributed by atoms with Gasteiger partial charge in [-0.05, 0) is 49.7 Å². The number of unbranched alkanes of at least 4 members (excludes halogenated alkanes) is 2. The van der Waals surface area contributed by atoms with Crippen molar-refractivity contribution in [1.82, 2.24) is 5.32 Å². The van der Waals surface area contributed by atoms with Crippen molar-refractivity contribution in [3.63, 3.8) is 0 Å². The Morgan fingerprint density at radius 2 is 1.58 bits per heavy atom. The number of para-hydroxylation sites is 1. The highest BCUT2D eigenvalue weighted by Gasteiger charge is 2.09. The largest absolute Gasteiger partial charge is 0.457 e. The molecule has 2 rings (SSSR count). The summed E-state index contributed by atoms with van der Waals surface area (Å²) in [6.07, 6.45) is 4.02. The Morgan fingerprint density at radius 3 is 2.25 bits per heavy atom. The maximum Gasteiger partial charge on any atom is 0.412 e. The van der Waals surface area contributed by atoms with Crippen molar-refractivity contribution < 1.29 is 14.3 Å². The van der Waals surface area contributed by atoms with Gasteiger partial charge in [-0.2, -0.15) is 0 Å². The van der Waals surface area contributed by atoms with Gasteiger partial charge in [0.2, 0.25) is 0 Å². The third-order valence-electron chi connectivity index (χ3n) is 3.62. The number of carbonyl (C=O) groups is 1. The van der Waals surface area contributed by atoms with Crippen LogP contribution in [0.5, 0.6) is 17.2 Å². The number of amides is 1. The number of nitrogens with one attached hydrogen (secondary N) is 1. The Morgan fingerprint density at radius 1 is 0.958 bits per heavy atom. The quantitative estimate of drug-likeness (QED) is 0.648. The van der Waals surface area contributed by atoms with Crippen molar-refractivity contribution in [3.8, 4) is 17.2 Å². The van der Waals surface area contributed by atoms with Gasteiger partial charge in [0.15, 0.2) is 0 Å². The van der Waals surface area contributed by atoms with E-state index in [-0.39, 0.29) is 6.04 Å². The first kappa shape index (κ1) is 17.9. The molecule has 0 bridgehead atoms. The van der Waals surface area contributed by atoms with Crippen LogP contribution in [0.2, 0.25) is 0 Å². The summed E-state index contributed by atoms with van der Waals surface area (Å²) in [5.74, 6) is 1.96. The summed E-state index contributed by atoms with van der Waals surface area (Å²) >= 11 is 0. The van der Waals surface area contributed by atoms with Crippen molar-refractivity contribution >= 4 is 6.09 Å². The molecule has 0 heterocycles. The minimum atomic E-state index is -0.421. The van der Waals surface area contributed by atoms with Crippen LogP contribution in [-0.2, 0) is 0 Å². The van der Waals surface area contributed by atoms with E-state index in [1.54, 1.807) is 24.3 Å². The third-order valence-corrected chi connectivity index (χ3v) is 3.62. The highest BCUT2D eigenvalue weighted by atomic mass is 16.6. The fraction of sp³-hybridized carbons (Fsp3) is 0.350. The summed E-state index contributed by atoms with van der Waals surface area (Å²) in [7, 11) is 0. The molecule has 2 aromatic rings. The number of hydrogen-bond acceptors (Lipinski definition) is 3. The number of carbonyl (C=O) groups excluding carboxylic acids is 1. The Labute approximate surface area is 143 Å². The molecule has 1 N–H and O–H groups in total. The lowest BCUT2D eigenvalue weighted by atomic mass is 10.1. The van der Waals surface area contributed by atoms with Gasteiger partial charge < -0.3 is 14.8 Å². The van der Waals surface area contributed by atoms with E-state index >= 15 is 0 Å². The van der Waals surface area contributed by atoms with E-state index in [1.165, 1.54) is 12.8 Å². The van der Waals surface area contributed by atoms with Crippen LogP contribution in [0, 0.1) is 0 Å². The van der Waals surface area contributed by atoms with E-state index in [4.69, 9.17) is 9.47 Å². The maximum atomic E-state index is 11.9. The number of benzene rings is 2. The molecule has 1 atom stereocenters. The van der Waals surface area contributed by atoms with Crippen LogP contribution in [0.25, 0.3) is 0 Å². The molecule has 4 heteroatoms. The Kier molecular flexibility index (Phi) is 7.15. The lowest BCUT2D eigenvalue weighted by molar-refractivity contribution is 0.196. The Bertz CT molecular complexity index is 611. The van der Waals surface area contributed by atoms with Crippen molar-refractivity contribution in [3.05, 3.63) is 54.6 Å². The molecular weight excluding hydrogens is 302 g/mol. The van der Waals surface area contributed by atoms with Crippen molar-refractivity contribution in [2.75, 3.05) is 0 Å². The van der Waals surface area contributed by atoms with Gasteiger partial charge >= 0.3 is 6.09 Å². The highest BCUT2D eigenvalue weighted by molar-refractivity contribution is 5.70. The summed E-state index contributed by atoms with van der Waals surface area (Å²) in [4.78, 5) is 11.9. The molecule has 1 unspecified atom stereocenters. The van der Waals surface area contributed by atoms with E-state index in [2.05, 4.69) is 12.2 Å². The first-order chi connectivity index (χ1) is 11.7. The van der Waals surface area contributed by atoms with Crippen molar-refractivity contribution in [2.45, 2.75) is 45.6 Å². The van der Waals surface area contributed by atoms with Gasteiger partial charge in [-0.15, -0.1) is 0 Å². The van der Waals surface area contributed by atoms with E-state index in [9.17, 15) is 4.79 Å². The van der Waals surface area contributed by atoms with Gasteiger partial charge in [-0.25, -0.2) is 4.79 Å². The van der Waals surface area contributed by atoms with Gasteiger partial charge in [0.1, 0.15) is 17.2 Å². The van der Waals surface area contributed by atoms with Crippen molar-refractivity contribution in [1.29, 1.82) is 0 Å². The fourth-order valence-corrected chi connectivity index (χ4v) is 2.31. The molecule has 0 radical (unpaired) electrons. The second-order valence-electron chi connectivity index (χ2n) is 5.82. The monoisotopic (exact) mass is 327 g/mol. The van der Waals surface area contributed by atoms with Crippen LogP contribution < -0.4 is 14.8 Å². The second-order valence-corrected chi connectivity index (χ2v) is 5.82. The molecule has 0 saturated heterocycles. The molecule has 0 aromatic heterocycles. The zero-order valence-electron chi connectivity index (χ0n) is 14.3.